The molecule has 1 saturated heterocycles. The number of anilines is 1. The fourth-order valence-electron chi connectivity index (χ4n) is 2.34. The van der Waals surface area contributed by atoms with Crippen molar-refractivity contribution in [1.82, 2.24) is 15.2 Å². The van der Waals surface area contributed by atoms with Crippen LogP contribution < -0.4 is 5.32 Å². The molecule has 1 aliphatic heterocycles. The highest BCUT2D eigenvalue weighted by atomic mass is 32.2. The van der Waals surface area contributed by atoms with Crippen LogP contribution in [0.2, 0.25) is 0 Å². The van der Waals surface area contributed by atoms with Crippen molar-refractivity contribution < 1.29 is 0 Å². The molecule has 2 heterocycles. The van der Waals surface area contributed by atoms with Crippen molar-refractivity contribution >= 4 is 17.4 Å². The van der Waals surface area contributed by atoms with E-state index in [-0.39, 0.29) is 0 Å². The van der Waals surface area contributed by atoms with Crippen LogP contribution in [-0.4, -0.2) is 32.7 Å². The van der Waals surface area contributed by atoms with Gasteiger partial charge in [-0.05, 0) is 37.7 Å². The molecule has 1 aliphatic rings. The van der Waals surface area contributed by atoms with Gasteiger partial charge in [0.15, 0.2) is 5.82 Å². The number of aromatic amines is 1. The molecule has 4 nitrogen and oxygen atoms in total. The first kappa shape index (κ1) is 12.5. The molecule has 0 radical (unpaired) electrons. The van der Waals surface area contributed by atoms with Crippen LogP contribution in [0.25, 0.3) is 11.4 Å². The Morgan fingerprint density at radius 2 is 2.26 bits per heavy atom. The molecule has 19 heavy (non-hydrogen) atoms. The van der Waals surface area contributed by atoms with Crippen LogP contribution in [0.5, 0.6) is 0 Å². The number of aromatic nitrogens is 3. The molecule has 1 unspecified atom stereocenters. The summed E-state index contributed by atoms with van der Waals surface area (Å²) in [5.41, 5.74) is 2.21. The Morgan fingerprint density at radius 3 is 3.00 bits per heavy atom. The number of thioether (sulfide) groups is 1. The molecule has 2 aromatic rings. The van der Waals surface area contributed by atoms with Gasteiger partial charge in [-0.2, -0.15) is 16.9 Å². The molecule has 0 amide bonds. The molecule has 2 N–H and O–H groups in total. The Bertz CT molecular complexity index is 546. The molecule has 5 heteroatoms. The second-order valence-electron chi connectivity index (χ2n) is 4.85. The number of rotatable bonds is 3. The van der Waals surface area contributed by atoms with Gasteiger partial charge in [-0.25, -0.2) is 4.98 Å². The lowest BCUT2D eigenvalue weighted by molar-refractivity contribution is 0.685. The minimum atomic E-state index is 0.555. The number of nitrogens with one attached hydrogen (secondary N) is 2. The Hall–Kier alpha value is -1.49. The molecule has 1 aromatic carbocycles. The molecule has 3 rings (SSSR count). The second kappa shape index (κ2) is 5.65. The highest BCUT2D eigenvalue weighted by Gasteiger charge is 2.16. The first-order chi connectivity index (χ1) is 9.33. The minimum Gasteiger partial charge on any atom is -0.381 e. The third-order valence-corrected chi connectivity index (χ3v) is 4.50. The van der Waals surface area contributed by atoms with Crippen molar-refractivity contribution in [3.63, 3.8) is 0 Å². The first-order valence-electron chi connectivity index (χ1n) is 6.65. The summed E-state index contributed by atoms with van der Waals surface area (Å²) in [7, 11) is 0. The molecule has 0 bridgehead atoms. The Kier molecular flexibility index (Phi) is 3.73. The largest absolute Gasteiger partial charge is 0.381 e. The fraction of sp³-hybridized carbons (Fsp3) is 0.429. The average Bonchev–Trinajstić information content (AvgIpc) is 2.87. The normalized spacial score (nSPS) is 19.3. The predicted molar refractivity (Wildman–Crippen MR) is 80.5 cm³/mol. The van der Waals surface area contributed by atoms with E-state index in [1.807, 2.05) is 24.8 Å². The predicted octanol–water partition coefficient (Wildman–Crippen LogP) is 3.09. The molecule has 1 aromatic heterocycles. The summed E-state index contributed by atoms with van der Waals surface area (Å²) < 4.78 is 0. The van der Waals surface area contributed by atoms with E-state index in [1.165, 1.54) is 24.3 Å². The van der Waals surface area contributed by atoms with Crippen LogP contribution in [0, 0.1) is 6.92 Å². The zero-order valence-corrected chi connectivity index (χ0v) is 11.8. The van der Waals surface area contributed by atoms with E-state index in [0.29, 0.717) is 6.04 Å². The van der Waals surface area contributed by atoms with Gasteiger partial charge in [0, 0.05) is 23.0 Å². The van der Waals surface area contributed by atoms with Gasteiger partial charge in [-0.15, -0.1) is 0 Å². The highest BCUT2D eigenvalue weighted by Crippen LogP contribution is 2.28. The van der Waals surface area contributed by atoms with Gasteiger partial charge in [-0.1, -0.05) is 12.1 Å². The van der Waals surface area contributed by atoms with Crippen molar-refractivity contribution in [3.05, 3.63) is 30.1 Å². The van der Waals surface area contributed by atoms with Gasteiger partial charge in [-0.3, -0.25) is 5.10 Å². The van der Waals surface area contributed by atoms with E-state index in [9.17, 15) is 0 Å². The maximum absolute atomic E-state index is 4.42. The van der Waals surface area contributed by atoms with E-state index in [2.05, 4.69) is 38.7 Å². The Balaban J connectivity index is 1.84. The summed E-state index contributed by atoms with van der Waals surface area (Å²) in [4.78, 5) is 4.42. The van der Waals surface area contributed by atoms with Crippen LogP contribution >= 0.6 is 11.8 Å². The van der Waals surface area contributed by atoms with Crippen LogP contribution in [-0.2, 0) is 0 Å². The molecule has 100 valence electrons. The molecule has 0 saturated carbocycles. The highest BCUT2D eigenvalue weighted by molar-refractivity contribution is 7.99. The average molecular weight is 274 g/mol. The molecule has 0 spiro atoms. The van der Waals surface area contributed by atoms with Crippen molar-refractivity contribution in [2.75, 3.05) is 16.8 Å². The summed E-state index contributed by atoms with van der Waals surface area (Å²) in [5.74, 6) is 4.09. The standard InChI is InChI=1S/C14H18N4S/c1-10-15-14(18-17-10)12-6-2-3-7-13(12)16-11-5-4-8-19-9-11/h2-3,6-7,11,16H,4-5,8-9H2,1H3,(H,15,17,18). The summed E-state index contributed by atoms with van der Waals surface area (Å²) in [5, 5.41) is 10.8. The SMILES string of the molecule is Cc1nc(-c2ccccc2NC2CCCSC2)n[nH]1. The number of H-pyrrole nitrogens is 1. The van der Waals surface area contributed by atoms with Crippen molar-refractivity contribution in [3.8, 4) is 11.4 Å². The zero-order valence-electron chi connectivity index (χ0n) is 11.0. The lowest BCUT2D eigenvalue weighted by Crippen LogP contribution is -2.25. The number of hydrogen-bond donors (Lipinski definition) is 2. The zero-order chi connectivity index (χ0) is 13.1. The summed E-state index contributed by atoms with van der Waals surface area (Å²) in [6, 6.07) is 8.82. The van der Waals surface area contributed by atoms with Gasteiger partial charge in [0.25, 0.3) is 0 Å². The van der Waals surface area contributed by atoms with E-state index >= 15 is 0 Å². The lowest BCUT2D eigenvalue weighted by Gasteiger charge is -2.24. The quantitative estimate of drug-likeness (QED) is 0.903. The molecule has 1 fully saturated rings. The Morgan fingerprint density at radius 1 is 1.37 bits per heavy atom. The van der Waals surface area contributed by atoms with Gasteiger partial charge >= 0.3 is 0 Å². The van der Waals surface area contributed by atoms with Crippen LogP contribution in [0.1, 0.15) is 18.7 Å². The molecular formula is C14H18N4S. The second-order valence-corrected chi connectivity index (χ2v) is 6.00. The van der Waals surface area contributed by atoms with Crippen LogP contribution in [0.3, 0.4) is 0 Å². The lowest BCUT2D eigenvalue weighted by atomic mass is 10.1. The van der Waals surface area contributed by atoms with Gasteiger partial charge in [0.1, 0.15) is 5.82 Å². The third kappa shape index (κ3) is 2.92. The van der Waals surface area contributed by atoms with E-state index < -0.39 is 0 Å². The maximum atomic E-state index is 4.42. The van der Waals surface area contributed by atoms with Gasteiger partial charge in [0.05, 0.1) is 0 Å². The molecule has 0 aliphatic carbocycles. The smallest absolute Gasteiger partial charge is 0.183 e. The minimum absolute atomic E-state index is 0.555. The molecular weight excluding hydrogens is 256 g/mol. The Labute approximate surface area is 117 Å². The topological polar surface area (TPSA) is 53.6 Å². The number of hydrogen-bond acceptors (Lipinski definition) is 4. The number of para-hydroxylation sites is 1. The van der Waals surface area contributed by atoms with Gasteiger partial charge < -0.3 is 5.32 Å². The van der Waals surface area contributed by atoms with E-state index in [0.717, 1.165) is 22.9 Å². The monoisotopic (exact) mass is 274 g/mol. The van der Waals surface area contributed by atoms with Crippen LogP contribution in [0.4, 0.5) is 5.69 Å². The summed E-state index contributed by atoms with van der Waals surface area (Å²) in [6.07, 6.45) is 2.54. The summed E-state index contributed by atoms with van der Waals surface area (Å²) in [6.45, 7) is 1.92. The van der Waals surface area contributed by atoms with Gasteiger partial charge in [0.2, 0.25) is 0 Å². The number of nitrogens with zero attached hydrogens (tertiary/aromatic N) is 2. The van der Waals surface area contributed by atoms with Crippen molar-refractivity contribution in [2.24, 2.45) is 0 Å². The first-order valence-corrected chi connectivity index (χ1v) is 7.81. The molecule has 1 atom stereocenters. The van der Waals surface area contributed by atoms with Crippen molar-refractivity contribution in [2.45, 2.75) is 25.8 Å². The number of benzene rings is 1. The summed E-state index contributed by atoms with van der Waals surface area (Å²) >= 11 is 2.03. The van der Waals surface area contributed by atoms with E-state index in [4.69, 9.17) is 0 Å². The number of aryl methyl sites for hydroxylation is 1. The maximum Gasteiger partial charge on any atom is 0.183 e. The van der Waals surface area contributed by atoms with Crippen LogP contribution in [0.15, 0.2) is 24.3 Å². The third-order valence-electron chi connectivity index (χ3n) is 3.29. The van der Waals surface area contributed by atoms with Crippen molar-refractivity contribution in [1.29, 1.82) is 0 Å². The fourth-order valence-corrected chi connectivity index (χ4v) is 3.41. The van der Waals surface area contributed by atoms with E-state index in [1.54, 1.807) is 0 Å².